The molecular weight excluding hydrogens is 346 g/mol. The van der Waals surface area contributed by atoms with Gasteiger partial charge in [-0.25, -0.2) is 4.98 Å². The highest BCUT2D eigenvalue weighted by atomic mass is 79.9. The second-order valence-electron chi connectivity index (χ2n) is 4.35. The molecule has 2 heterocycles. The van der Waals surface area contributed by atoms with Crippen LogP contribution >= 0.6 is 38.9 Å². The van der Waals surface area contributed by atoms with Crippen LogP contribution in [0, 0.1) is 0 Å². The van der Waals surface area contributed by atoms with E-state index in [1.54, 1.807) is 11.3 Å². The summed E-state index contributed by atoms with van der Waals surface area (Å²) in [5, 5.41) is 6.04. The van der Waals surface area contributed by atoms with E-state index < -0.39 is 0 Å². The zero-order chi connectivity index (χ0) is 13.7. The average Bonchev–Trinajstić information content (AvgIpc) is 2.95. The lowest BCUT2D eigenvalue weighted by molar-refractivity contribution is 0.684. The lowest BCUT2D eigenvalue weighted by Crippen LogP contribution is -2.12. The Morgan fingerprint density at radius 1 is 1.47 bits per heavy atom. The molecule has 0 spiro atoms. The number of rotatable bonds is 7. The lowest BCUT2D eigenvalue weighted by atomic mass is 10.2. The number of thiophene rings is 1. The van der Waals surface area contributed by atoms with Crippen LogP contribution in [-0.4, -0.2) is 9.97 Å². The number of nitrogens with zero attached hydrogens (tertiary/aromatic N) is 1. The maximum Gasteiger partial charge on any atom is 0.151 e. The van der Waals surface area contributed by atoms with E-state index in [0.29, 0.717) is 11.7 Å². The highest BCUT2D eigenvalue weighted by Crippen LogP contribution is 2.22. The van der Waals surface area contributed by atoms with Gasteiger partial charge in [-0.05, 0) is 33.8 Å². The van der Waals surface area contributed by atoms with E-state index in [-0.39, 0.29) is 0 Å². The zero-order valence-corrected chi connectivity index (χ0v) is 14.0. The van der Waals surface area contributed by atoms with Crippen molar-refractivity contribution in [1.82, 2.24) is 15.3 Å². The van der Waals surface area contributed by atoms with Crippen molar-refractivity contribution < 1.29 is 0 Å². The maximum atomic E-state index is 6.13. The van der Waals surface area contributed by atoms with E-state index in [9.17, 15) is 0 Å². The summed E-state index contributed by atoms with van der Waals surface area (Å²) in [7, 11) is 0. The van der Waals surface area contributed by atoms with E-state index in [1.165, 1.54) is 4.88 Å². The molecule has 0 bridgehead atoms. The van der Waals surface area contributed by atoms with Crippen molar-refractivity contribution in [3.8, 4) is 0 Å². The molecule has 0 aromatic carbocycles. The summed E-state index contributed by atoms with van der Waals surface area (Å²) in [4.78, 5) is 8.94. The molecule has 104 valence electrons. The summed E-state index contributed by atoms with van der Waals surface area (Å²) in [5.41, 5.74) is 0.973. The molecule has 0 aliphatic heterocycles. The fourth-order valence-electron chi connectivity index (χ4n) is 1.77. The molecular formula is C13H17BrClN3S. The number of hydrogen-bond acceptors (Lipinski definition) is 3. The third kappa shape index (κ3) is 4.31. The number of imidazole rings is 1. The van der Waals surface area contributed by atoms with Crippen molar-refractivity contribution in [1.29, 1.82) is 0 Å². The van der Waals surface area contributed by atoms with Crippen molar-refractivity contribution in [3.63, 3.8) is 0 Å². The molecule has 0 radical (unpaired) electrons. The molecule has 2 aromatic rings. The second kappa shape index (κ2) is 7.43. The standard InChI is InChI=1S/C13H17BrClN3S/c1-2-3-4-12-17-10(13(15)18-12)7-16-8-11-9(14)5-6-19-11/h5-6,16H,2-4,7-8H2,1H3,(H,17,18). The molecule has 0 aliphatic carbocycles. The third-order valence-electron chi connectivity index (χ3n) is 2.82. The molecule has 0 aliphatic rings. The van der Waals surface area contributed by atoms with Gasteiger partial charge in [0.25, 0.3) is 0 Å². The van der Waals surface area contributed by atoms with Gasteiger partial charge >= 0.3 is 0 Å². The SMILES string of the molecule is CCCCc1nc(Cl)c(CNCc2sccc2Br)[nH]1. The predicted molar refractivity (Wildman–Crippen MR) is 84.8 cm³/mol. The van der Waals surface area contributed by atoms with E-state index in [4.69, 9.17) is 11.6 Å². The van der Waals surface area contributed by atoms with Crippen LogP contribution in [0.4, 0.5) is 0 Å². The van der Waals surface area contributed by atoms with E-state index in [2.05, 4.69) is 49.6 Å². The largest absolute Gasteiger partial charge is 0.344 e. The third-order valence-corrected chi connectivity index (χ3v) is 5.06. The number of aryl methyl sites for hydroxylation is 1. The smallest absolute Gasteiger partial charge is 0.151 e. The molecule has 2 aromatic heterocycles. The highest BCUT2D eigenvalue weighted by Gasteiger charge is 2.08. The summed E-state index contributed by atoms with van der Waals surface area (Å²) < 4.78 is 1.16. The first-order valence-electron chi connectivity index (χ1n) is 6.36. The number of halogens is 2. The Hall–Kier alpha value is -0.360. The summed E-state index contributed by atoms with van der Waals surface area (Å²) in [6, 6.07) is 2.06. The molecule has 0 saturated carbocycles. The van der Waals surface area contributed by atoms with Crippen LogP contribution in [0.2, 0.25) is 5.15 Å². The van der Waals surface area contributed by atoms with Gasteiger partial charge in [0.05, 0.1) is 5.69 Å². The van der Waals surface area contributed by atoms with Crippen molar-refractivity contribution in [2.45, 2.75) is 39.3 Å². The number of hydrogen-bond donors (Lipinski definition) is 2. The van der Waals surface area contributed by atoms with Crippen LogP contribution in [0.3, 0.4) is 0 Å². The van der Waals surface area contributed by atoms with Crippen LogP contribution in [-0.2, 0) is 19.5 Å². The first kappa shape index (κ1) is 15.0. The Morgan fingerprint density at radius 3 is 3.00 bits per heavy atom. The Labute approximate surface area is 130 Å². The Kier molecular flexibility index (Phi) is 5.88. The summed E-state index contributed by atoms with van der Waals surface area (Å²) in [6.45, 7) is 3.71. The van der Waals surface area contributed by atoms with Gasteiger partial charge in [-0.2, -0.15) is 0 Å². The van der Waals surface area contributed by atoms with Gasteiger partial charge in [0.1, 0.15) is 5.82 Å². The Balaban J connectivity index is 1.85. The minimum atomic E-state index is 0.587. The van der Waals surface area contributed by atoms with Gasteiger partial charge < -0.3 is 10.3 Å². The normalized spacial score (nSPS) is 11.1. The highest BCUT2D eigenvalue weighted by molar-refractivity contribution is 9.10. The first-order valence-corrected chi connectivity index (χ1v) is 8.41. The molecule has 0 fully saturated rings. The van der Waals surface area contributed by atoms with Gasteiger partial charge in [-0.3, -0.25) is 0 Å². The molecule has 6 heteroatoms. The van der Waals surface area contributed by atoms with E-state index in [0.717, 1.165) is 41.8 Å². The fourth-order valence-corrected chi connectivity index (χ4v) is 3.45. The quantitative estimate of drug-likeness (QED) is 0.760. The molecule has 0 amide bonds. The molecule has 0 atom stereocenters. The minimum Gasteiger partial charge on any atom is -0.344 e. The second-order valence-corrected chi connectivity index (χ2v) is 6.56. The summed E-state index contributed by atoms with van der Waals surface area (Å²) in [5.74, 6) is 0.987. The first-order chi connectivity index (χ1) is 9.20. The van der Waals surface area contributed by atoms with Crippen LogP contribution in [0.1, 0.15) is 36.2 Å². The van der Waals surface area contributed by atoms with Crippen molar-refractivity contribution in [3.05, 3.63) is 37.5 Å². The number of H-pyrrole nitrogens is 1. The summed E-state index contributed by atoms with van der Waals surface area (Å²) in [6.07, 6.45) is 3.27. The molecule has 0 unspecified atom stereocenters. The summed E-state index contributed by atoms with van der Waals surface area (Å²) >= 11 is 11.4. The molecule has 2 rings (SSSR count). The Morgan fingerprint density at radius 2 is 2.32 bits per heavy atom. The van der Waals surface area contributed by atoms with E-state index >= 15 is 0 Å². The number of aromatic nitrogens is 2. The van der Waals surface area contributed by atoms with Gasteiger partial charge in [0.2, 0.25) is 0 Å². The minimum absolute atomic E-state index is 0.587. The number of unbranched alkanes of at least 4 members (excludes halogenated alkanes) is 1. The molecule has 0 saturated heterocycles. The van der Waals surface area contributed by atoms with Crippen LogP contribution in [0.15, 0.2) is 15.9 Å². The van der Waals surface area contributed by atoms with Crippen molar-refractivity contribution in [2.24, 2.45) is 0 Å². The van der Waals surface area contributed by atoms with Crippen LogP contribution in [0.5, 0.6) is 0 Å². The maximum absolute atomic E-state index is 6.13. The van der Waals surface area contributed by atoms with Crippen LogP contribution < -0.4 is 5.32 Å². The van der Waals surface area contributed by atoms with Gasteiger partial charge in [0, 0.05) is 28.9 Å². The predicted octanol–water partition coefficient (Wildman–Crippen LogP) is 4.52. The monoisotopic (exact) mass is 361 g/mol. The topological polar surface area (TPSA) is 40.7 Å². The fraction of sp³-hybridized carbons (Fsp3) is 0.462. The molecule has 19 heavy (non-hydrogen) atoms. The number of aromatic amines is 1. The average molecular weight is 363 g/mol. The van der Waals surface area contributed by atoms with E-state index in [1.807, 2.05) is 0 Å². The Bertz CT molecular complexity index is 524. The zero-order valence-electron chi connectivity index (χ0n) is 10.8. The number of nitrogens with one attached hydrogen (secondary N) is 2. The lowest BCUT2D eigenvalue weighted by Gasteiger charge is -2.02. The van der Waals surface area contributed by atoms with Gasteiger partial charge in [-0.1, -0.05) is 24.9 Å². The van der Waals surface area contributed by atoms with Crippen molar-refractivity contribution >= 4 is 38.9 Å². The van der Waals surface area contributed by atoms with Crippen LogP contribution in [0.25, 0.3) is 0 Å². The van der Waals surface area contributed by atoms with Gasteiger partial charge in [-0.15, -0.1) is 11.3 Å². The van der Waals surface area contributed by atoms with Crippen molar-refractivity contribution in [2.75, 3.05) is 0 Å². The molecule has 2 N–H and O–H groups in total. The van der Waals surface area contributed by atoms with Gasteiger partial charge in [0.15, 0.2) is 5.15 Å². The molecule has 3 nitrogen and oxygen atoms in total.